The Kier molecular flexibility index (Phi) is 5.95. The molecule has 0 spiro atoms. The molecule has 0 aliphatic carbocycles. The molecule has 0 radical (unpaired) electrons. The molecular formula is C26H23FN6. The van der Waals surface area contributed by atoms with Crippen LogP contribution >= 0.6 is 0 Å². The zero-order valence-electron chi connectivity index (χ0n) is 18.4. The minimum absolute atomic E-state index is 0.236. The number of nitrogens with two attached hydrogens (primary N) is 1. The molecule has 164 valence electrons. The highest BCUT2D eigenvalue weighted by Crippen LogP contribution is 2.27. The Labute approximate surface area is 191 Å². The molecule has 4 aromatic rings. The summed E-state index contributed by atoms with van der Waals surface area (Å²) in [6.45, 7) is 7.58. The van der Waals surface area contributed by atoms with Crippen molar-refractivity contribution in [3.63, 3.8) is 0 Å². The van der Waals surface area contributed by atoms with Crippen LogP contribution in [0, 0.1) is 25.1 Å². The Bertz CT molecular complexity index is 1380. The van der Waals surface area contributed by atoms with Gasteiger partial charge in [0.1, 0.15) is 11.5 Å². The van der Waals surface area contributed by atoms with Crippen molar-refractivity contribution in [1.82, 2.24) is 19.9 Å². The number of pyridine rings is 2. The van der Waals surface area contributed by atoms with Gasteiger partial charge in [-0.3, -0.25) is 15.4 Å². The number of hydrogen-bond acceptors (Lipinski definition) is 5. The maximum Gasteiger partial charge on any atom is 0.156 e. The van der Waals surface area contributed by atoms with Crippen molar-refractivity contribution >= 4 is 17.0 Å². The smallest absolute Gasteiger partial charge is 0.156 e. The Hall–Kier alpha value is -4.39. The average Bonchev–Trinajstić information content (AvgIpc) is 3.19. The van der Waals surface area contributed by atoms with Crippen molar-refractivity contribution in [2.24, 2.45) is 0 Å². The van der Waals surface area contributed by atoms with Crippen molar-refractivity contribution in [2.45, 2.75) is 13.8 Å². The number of hydrogen-bond donors (Lipinski definition) is 3. The van der Waals surface area contributed by atoms with Crippen molar-refractivity contribution in [3.05, 3.63) is 113 Å². The molecule has 33 heavy (non-hydrogen) atoms. The number of halogens is 1. The topological polar surface area (TPSA) is 104 Å². The number of aromatic nitrogens is 4. The van der Waals surface area contributed by atoms with E-state index in [9.17, 15) is 4.39 Å². The number of aryl methyl sites for hydroxylation is 2. The summed E-state index contributed by atoms with van der Waals surface area (Å²) in [4.78, 5) is 16.5. The van der Waals surface area contributed by atoms with Gasteiger partial charge >= 0.3 is 0 Å². The molecule has 0 atom stereocenters. The molecule has 6 nitrogen and oxygen atoms in total. The van der Waals surface area contributed by atoms with Crippen molar-refractivity contribution in [1.29, 1.82) is 5.41 Å². The number of anilines is 1. The molecule has 0 saturated heterocycles. The zero-order valence-corrected chi connectivity index (χ0v) is 18.4. The summed E-state index contributed by atoms with van der Waals surface area (Å²) in [5.74, 6) is 0.114. The summed E-state index contributed by atoms with van der Waals surface area (Å²) in [5, 5.41) is 8.85. The first-order valence-corrected chi connectivity index (χ1v) is 10.3. The Balaban J connectivity index is 1.74. The van der Waals surface area contributed by atoms with Gasteiger partial charge in [-0.2, -0.15) is 0 Å². The number of nitrogens with zero attached hydrogens (tertiary/aromatic N) is 3. The molecule has 1 aromatic carbocycles. The fourth-order valence-corrected chi connectivity index (χ4v) is 3.58. The van der Waals surface area contributed by atoms with Gasteiger partial charge in [0.25, 0.3) is 0 Å². The fraction of sp³-hybridized carbons (Fsp3) is 0.0769. The third-order valence-electron chi connectivity index (χ3n) is 5.24. The van der Waals surface area contributed by atoms with E-state index in [1.165, 1.54) is 12.1 Å². The van der Waals surface area contributed by atoms with Crippen LogP contribution in [0.15, 0.2) is 73.7 Å². The first-order chi connectivity index (χ1) is 15.9. The predicted molar refractivity (Wildman–Crippen MR) is 130 cm³/mol. The summed E-state index contributed by atoms with van der Waals surface area (Å²) < 4.78 is 13.4. The van der Waals surface area contributed by atoms with Crippen molar-refractivity contribution < 1.29 is 4.39 Å². The second-order valence-electron chi connectivity index (χ2n) is 7.65. The average molecular weight is 439 g/mol. The van der Waals surface area contributed by atoms with Gasteiger partial charge in [-0.15, -0.1) is 0 Å². The first kappa shape index (κ1) is 21.8. The second-order valence-corrected chi connectivity index (χ2v) is 7.65. The number of nitrogen functional groups attached to an aromatic ring is 1. The van der Waals surface area contributed by atoms with Crippen LogP contribution in [0.1, 0.15) is 33.9 Å². The predicted octanol–water partition coefficient (Wildman–Crippen LogP) is 5.24. The van der Waals surface area contributed by atoms with Crippen LogP contribution in [0.3, 0.4) is 0 Å². The van der Waals surface area contributed by atoms with Crippen molar-refractivity contribution in [3.8, 4) is 11.3 Å². The van der Waals surface area contributed by atoms with E-state index in [1.807, 2.05) is 26.0 Å². The lowest BCUT2D eigenvalue weighted by molar-refractivity contribution is 0.627. The summed E-state index contributed by atoms with van der Waals surface area (Å²) in [6, 6.07) is 9.84. The molecule has 7 heteroatoms. The SMILES string of the molecule is C=C/C=C(/c1ccc(F)cc1)c1nc(C(=N)c2cc(-c3cncc(N)c3)ncc2C)[nH]c1C. The van der Waals surface area contributed by atoms with Crippen LogP contribution in [0.5, 0.6) is 0 Å². The largest absolute Gasteiger partial charge is 0.397 e. The van der Waals surface area contributed by atoms with Crippen LogP contribution in [0.2, 0.25) is 0 Å². The fourth-order valence-electron chi connectivity index (χ4n) is 3.58. The molecule has 0 unspecified atom stereocenters. The van der Waals surface area contributed by atoms with Crippen LogP contribution in [0.4, 0.5) is 10.1 Å². The molecule has 0 fully saturated rings. The van der Waals surface area contributed by atoms with E-state index in [0.717, 1.165) is 28.0 Å². The second kappa shape index (κ2) is 9.00. The van der Waals surface area contributed by atoms with Crippen LogP contribution in [-0.4, -0.2) is 25.6 Å². The van der Waals surface area contributed by atoms with Gasteiger partial charge < -0.3 is 10.7 Å². The highest BCUT2D eigenvalue weighted by molar-refractivity contribution is 6.10. The number of allylic oxidation sites excluding steroid dienone is 2. The summed E-state index contributed by atoms with van der Waals surface area (Å²) in [6.07, 6.45) is 8.47. The van der Waals surface area contributed by atoms with Crippen LogP contribution < -0.4 is 5.73 Å². The number of nitrogens with one attached hydrogen (secondary N) is 2. The van der Waals surface area contributed by atoms with Gasteiger partial charge in [0.15, 0.2) is 5.82 Å². The van der Waals surface area contributed by atoms with E-state index < -0.39 is 0 Å². The van der Waals surface area contributed by atoms with Gasteiger partial charge in [-0.1, -0.05) is 30.9 Å². The number of imidazole rings is 1. The minimum atomic E-state index is -0.308. The van der Waals surface area contributed by atoms with Crippen LogP contribution in [0.25, 0.3) is 16.8 Å². The third kappa shape index (κ3) is 4.48. The van der Waals surface area contributed by atoms with Crippen LogP contribution in [-0.2, 0) is 0 Å². The molecule has 0 amide bonds. The van der Waals surface area contributed by atoms with E-state index >= 15 is 0 Å². The normalized spacial score (nSPS) is 11.4. The molecule has 0 bridgehead atoms. The lowest BCUT2D eigenvalue weighted by Gasteiger charge is -2.09. The summed E-state index contributed by atoms with van der Waals surface area (Å²) in [5.41, 5.74) is 12.7. The van der Waals surface area contributed by atoms with Crippen molar-refractivity contribution in [2.75, 3.05) is 5.73 Å². The molecular weight excluding hydrogens is 415 g/mol. The van der Waals surface area contributed by atoms with Gasteiger partial charge in [-0.25, -0.2) is 9.37 Å². The quantitative estimate of drug-likeness (QED) is 0.283. The van der Waals surface area contributed by atoms with E-state index in [2.05, 4.69) is 21.5 Å². The number of rotatable bonds is 6. The molecule has 3 heterocycles. The van der Waals surface area contributed by atoms with E-state index in [0.29, 0.717) is 28.5 Å². The van der Waals surface area contributed by atoms with E-state index in [1.54, 1.807) is 42.9 Å². The highest BCUT2D eigenvalue weighted by Gasteiger charge is 2.18. The lowest BCUT2D eigenvalue weighted by Crippen LogP contribution is -2.07. The third-order valence-corrected chi connectivity index (χ3v) is 5.24. The number of H-pyrrole nitrogens is 1. The lowest BCUT2D eigenvalue weighted by atomic mass is 10.0. The van der Waals surface area contributed by atoms with E-state index in [-0.39, 0.29) is 11.5 Å². The Morgan fingerprint density at radius 1 is 1.12 bits per heavy atom. The maximum absolute atomic E-state index is 13.4. The molecule has 3 aromatic heterocycles. The highest BCUT2D eigenvalue weighted by atomic mass is 19.1. The number of aromatic amines is 1. The monoisotopic (exact) mass is 438 g/mol. The van der Waals surface area contributed by atoms with E-state index in [4.69, 9.17) is 16.1 Å². The molecule has 4 rings (SSSR count). The Morgan fingerprint density at radius 3 is 2.58 bits per heavy atom. The molecule has 0 saturated carbocycles. The summed E-state index contributed by atoms with van der Waals surface area (Å²) in [7, 11) is 0. The maximum atomic E-state index is 13.4. The molecule has 0 aliphatic rings. The standard InChI is InChI=1S/C26H23FN6/c1-4-5-21(17-6-8-19(27)9-7-17)25-16(3)32-26(33-25)24(29)22-11-23(31-12-15(22)2)18-10-20(28)14-30-13-18/h4-14,29H,1,28H2,2-3H3,(H,32,33)/b21-5-,29-24?. The van der Waals surface area contributed by atoms with Gasteiger partial charge in [0.05, 0.1) is 17.1 Å². The summed E-state index contributed by atoms with van der Waals surface area (Å²) >= 11 is 0. The van der Waals surface area contributed by atoms with Gasteiger partial charge in [0.2, 0.25) is 0 Å². The molecule has 4 N–H and O–H groups in total. The number of benzene rings is 1. The van der Waals surface area contributed by atoms with Gasteiger partial charge in [0, 0.05) is 41.0 Å². The zero-order chi connectivity index (χ0) is 23.5. The van der Waals surface area contributed by atoms with Gasteiger partial charge in [-0.05, 0) is 49.2 Å². The first-order valence-electron chi connectivity index (χ1n) is 10.3. The Morgan fingerprint density at radius 2 is 1.88 bits per heavy atom. The molecule has 0 aliphatic heterocycles. The minimum Gasteiger partial charge on any atom is -0.397 e.